The molecule has 3 rings (SSSR count). The Morgan fingerprint density at radius 1 is 1.23 bits per heavy atom. The lowest BCUT2D eigenvalue weighted by molar-refractivity contribution is -0.384. The van der Waals surface area contributed by atoms with E-state index in [1.807, 2.05) is 18.2 Å². The van der Waals surface area contributed by atoms with Crippen molar-refractivity contribution in [3.05, 3.63) is 62.6 Å². The first kappa shape index (κ1) is 18.4. The molecule has 1 amide bonds. The van der Waals surface area contributed by atoms with E-state index < -0.39 is 4.92 Å². The molecule has 2 aromatic carbocycles. The molecule has 7 heteroatoms. The highest BCUT2D eigenvalue weighted by atomic mass is 79.9. The molecule has 0 bridgehead atoms. The van der Waals surface area contributed by atoms with Crippen LogP contribution in [0.5, 0.6) is 0 Å². The van der Waals surface area contributed by atoms with E-state index in [-0.39, 0.29) is 11.6 Å². The zero-order chi connectivity index (χ0) is 18.7. The Bertz CT molecular complexity index is 833. The number of para-hydroxylation sites is 1. The van der Waals surface area contributed by atoms with Crippen LogP contribution in [0.3, 0.4) is 0 Å². The number of rotatable bonds is 4. The summed E-state index contributed by atoms with van der Waals surface area (Å²) in [5, 5.41) is 14.0. The van der Waals surface area contributed by atoms with Gasteiger partial charge in [0, 0.05) is 29.7 Å². The third-order valence-corrected chi connectivity index (χ3v) is 5.37. The lowest BCUT2D eigenvalue weighted by Gasteiger charge is -2.33. The molecule has 136 valence electrons. The van der Waals surface area contributed by atoms with Crippen molar-refractivity contribution in [1.82, 2.24) is 0 Å². The average molecular weight is 418 g/mol. The highest BCUT2D eigenvalue weighted by Gasteiger charge is 2.23. The summed E-state index contributed by atoms with van der Waals surface area (Å²) < 4.78 is 0.757. The fourth-order valence-electron chi connectivity index (χ4n) is 3.10. The second-order valence-electron chi connectivity index (χ2n) is 6.56. The van der Waals surface area contributed by atoms with Gasteiger partial charge in [-0.2, -0.15) is 0 Å². The fourth-order valence-corrected chi connectivity index (χ4v) is 3.48. The number of halogens is 1. The summed E-state index contributed by atoms with van der Waals surface area (Å²) in [6, 6.07) is 11.8. The summed E-state index contributed by atoms with van der Waals surface area (Å²) in [6.45, 7) is 3.90. The van der Waals surface area contributed by atoms with Gasteiger partial charge in [-0.25, -0.2) is 0 Å². The number of carbonyl (C=O) groups is 1. The van der Waals surface area contributed by atoms with E-state index in [9.17, 15) is 14.9 Å². The maximum atomic E-state index is 12.9. The van der Waals surface area contributed by atoms with Crippen molar-refractivity contribution >= 4 is 38.9 Å². The van der Waals surface area contributed by atoms with Gasteiger partial charge in [0.25, 0.3) is 11.6 Å². The van der Waals surface area contributed by atoms with Crippen LogP contribution in [-0.2, 0) is 0 Å². The van der Waals surface area contributed by atoms with Crippen molar-refractivity contribution in [2.45, 2.75) is 19.8 Å². The number of nitro groups is 1. The third-order valence-electron chi connectivity index (χ3n) is 4.68. The molecule has 1 fully saturated rings. The average Bonchev–Trinajstić information content (AvgIpc) is 2.63. The summed E-state index contributed by atoms with van der Waals surface area (Å²) in [6.07, 6.45) is 2.09. The standard InChI is InChI=1S/C19H20BrN3O3/c1-13-8-10-22(11-9-13)18-7-6-14(23(25)26)12-15(18)19(24)21-17-5-3-2-4-16(17)20/h2-7,12-13H,8-11H2,1H3,(H,21,24). The summed E-state index contributed by atoms with van der Waals surface area (Å²) in [7, 11) is 0. The van der Waals surface area contributed by atoms with Crippen LogP contribution in [0.15, 0.2) is 46.9 Å². The van der Waals surface area contributed by atoms with Gasteiger partial charge in [-0.05, 0) is 52.9 Å². The van der Waals surface area contributed by atoms with Crippen LogP contribution in [0, 0.1) is 16.0 Å². The third kappa shape index (κ3) is 4.04. The van der Waals surface area contributed by atoms with E-state index in [0.717, 1.165) is 36.1 Å². The number of nitro benzene ring substituents is 1. The molecule has 6 nitrogen and oxygen atoms in total. The number of amides is 1. The topological polar surface area (TPSA) is 75.5 Å². The van der Waals surface area contributed by atoms with E-state index in [1.54, 1.807) is 12.1 Å². The van der Waals surface area contributed by atoms with Crippen molar-refractivity contribution in [3.8, 4) is 0 Å². The molecule has 0 unspecified atom stereocenters. The molecule has 1 heterocycles. The van der Waals surface area contributed by atoms with Gasteiger partial charge in [0.15, 0.2) is 0 Å². The number of carbonyl (C=O) groups excluding carboxylic acids is 1. The fraction of sp³-hybridized carbons (Fsp3) is 0.316. The molecule has 2 aromatic rings. The van der Waals surface area contributed by atoms with Gasteiger partial charge in [0.05, 0.1) is 21.9 Å². The minimum atomic E-state index is -0.475. The summed E-state index contributed by atoms with van der Waals surface area (Å²) in [4.78, 5) is 25.7. The smallest absolute Gasteiger partial charge is 0.270 e. The van der Waals surface area contributed by atoms with Crippen LogP contribution in [0.25, 0.3) is 0 Å². The number of hydrogen-bond acceptors (Lipinski definition) is 4. The molecule has 1 aliphatic heterocycles. The predicted molar refractivity (Wildman–Crippen MR) is 106 cm³/mol. The Hall–Kier alpha value is -2.41. The number of hydrogen-bond donors (Lipinski definition) is 1. The molecule has 0 aromatic heterocycles. The Morgan fingerprint density at radius 3 is 2.58 bits per heavy atom. The van der Waals surface area contributed by atoms with Gasteiger partial charge in [-0.15, -0.1) is 0 Å². The van der Waals surface area contributed by atoms with Crippen molar-refractivity contribution in [1.29, 1.82) is 0 Å². The largest absolute Gasteiger partial charge is 0.371 e. The van der Waals surface area contributed by atoms with Gasteiger partial charge in [-0.1, -0.05) is 19.1 Å². The van der Waals surface area contributed by atoms with E-state index in [4.69, 9.17) is 0 Å². The van der Waals surface area contributed by atoms with E-state index in [0.29, 0.717) is 17.2 Å². The Morgan fingerprint density at radius 2 is 1.92 bits per heavy atom. The number of non-ortho nitro benzene ring substituents is 1. The van der Waals surface area contributed by atoms with Crippen molar-refractivity contribution < 1.29 is 9.72 Å². The molecule has 26 heavy (non-hydrogen) atoms. The molecule has 1 saturated heterocycles. The molecule has 0 aliphatic carbocycles. The number of piperidine rings is 1. The monoisotopic (exact) mass is 417 g/mol. The molecule has 1 aliphatic rings. The van der Waals surface area contributed by atoms with Crippen molar-refractivity contribution in [2.75, 3.05) is 23.3 Å². The van der Waals surface area contributed by atoms with Crippen LogP contribution in [-0.4, -0.2) is 23.9 Å². The maximum Gasteiger partial charge on any atom is 0.270 e. The lowest BCUT2D eigenvalue weighted by Crippen LogP contribution is -2.34. The Kier molecular flexibility index (Phi) is 5.56. The van der Waals surface area contributed by atoms with Gasteiger partial charge in [-0.3, -0.25) is 14.9 Å². The Balaban J connectivity index is 1.94. The lowest BCUT2D eigenvalue weighted by atomic mass is 9.98. The molecular formula is C19H20BrN3O3. The van der Waals surface area contributed by atoms with Gasteiger partial charge in [0.2, 0.25) is 0 Å². The van der Waals surface area contributed by atoms with Crippen LogP contribution in [0.1, 0.15) is 30.1 Å². The zero-order valence-electron chi connectivity index (χ0n) is 14.4. The highest BCUT2D eigenvalue weighted by molar-refractivity contribution is 9.10. The number of nitrogens with zero attached hydrogens (tertiary/aromatic N) is 2. The van der Waals surface area contributed by atoms with Crippen LogP contribution in [0.2, 0.25) is 0 Å². The normalized spacial score (nSPS) is 14.9. The predicted octanol–water partition coefficient (Wildman–Crippen LogP) is 4.85. The Labute approximate surface area is 160 Å². The maximum absolute atomic E-state index is 12.9. The van der Waals surface area contributed by atoms with Gasteiger partial charge in [0.1, 0.15) is 0 Å². The minimum Gasteiger partial charge on any atom is -0.371 e. The number of anilines is 2. The summed E-state index contributed by atoms with van der Waals surface area (Å²) in [5.74, 6) is 0.302. The zero-order valence-corrected chi connectivity index (χ0v) is 16.0. The molecule has 0 spiro atoms. The summed E-state index contributed by atoms with van der Waals surface area (Å²) in [5.41, 5.74) is 1.61. The molecule has 0 radical (unpaired) electrons. The van der Waals surface area contributed by atoms with Crippen LogP contribution >= 0.6 is 15.9 Å². The number of nitrogens with one attached hydrogen (secondary N) is 1. The summed E-state index contributed by atoms with van der Waals surface area (Å²) >= 11 is 3.40. The van der Waals surface area contributed by atoms with Gasteiger partial charge >= 0.3 is 0 Å². The first-order valence-corrected chi connectivity index (χ1v) is 9.34. The minimum absolute atomic E-state index is 0.0867. The molecular weight excluding hydrogens is 398 g/mol. The quantitative estimate of drug-likeness (QED) is 0.569. The van der Waals surface area contributed by atoms with Crippen molar-refractivity contribution in [3.63, 3.8) is 0 Å². The molecule has 0 atom stereocenters. The van der Waals surface area contributed by atoms with Crippen LogP contribution in [0.4, 0.5) is 17.1 Å². The SMILES string of the molecule is CC1CCN(c2ccc([N+](=O)[O-])cc2C(=O)Nc2ccccc2Br)CC1. The van der Waals surface area contributed by atoms with E-state index >= 15 is 0 Å². The second-order valence-corrected chi connectivity index (χ2v) is 7.42. The molecule has 1 N–H and O–H groups in total. The van der Waals surface area contributed by atoms with E-state index in [2.05, 4.69) is 33.1 Å². The number of benzene rings is 2. The first-order valence-electron chi connectivity index (χ1n) is 8.55. The van der Waals surface area contributed by atoms with Crippen LogP contribution < -0.4 is 10.2 Å². The van der Waals surface area contributed by atoms with Gasteiger partial charge < -0.3 is 10.2 Å². The second kappa shape index (κ2) is 7.86. The highest BCUT2D eigenvalue weighted by Crippen LogP contribution is 2.30. The van der Waals surface area contributed by atoms with E-state index in [1.165, 1.54) is 12.1 Å². The van der Waals surface area contributed by atoms with Crippen molar-refractivity contribution in [2.24, 2.45) is 5.92 Å². The molecule has 0 saturated carbocycles. The first-order chi connectivity index (χ1) is 12.5.